The van der Waals surface area contributed by atoms with Gasteiger partial charge in [-0.05, 0) is 44.5 Å². The number of rotatable bonds is 6. The van der Waals surface area contributed by atoms with E-state index in [4.69, 9.17) is 11.6 Å². The van der Waals surface area contributed by atoms with E-state index in [0.717, 1.165) is 6.42 Å². The fourth-order valence-corrected chi connectivity index (χ4v) is 2.77. The lowest BCUT2D eigenvalue weighted by Gasteiger charge is -2.17. The number of carbonyl (C=O) groups is 1. The number of halogens is 1. The van der Waals surface area contributed by atoms with Gasteiger partial charge in [0.1, 0.15) is 0 Å². The van der Waals surface area contributed by atoms with Crippen LogP contribution in [-0.2, 0) is 14.8 Å². The zero-order valence-corrected chi connectivity index (χ0v) is 13.3. The highest BCUT2D eigenvalue weighted by atomic mass is 35.5. The third-order valence-electron chi connectivity index (χ3n) is 2.85. The highest BCUT2D eigenvalue weighted by Gasteiger charge is 2.22. The quantitative estimate of drug-likeness (QED) is 0.841. The molecule has 112 valence electrons. The van der Waals surface area contributed by atoms with Gasteiger partial charge in [0, 0.05) is 11.1 Å². The molecule has 0 radical (unpaired) electrons. The fourth-order valence-electron chi connectivity index (χ4n) is 1.44. The van der Waals surface area contributed by atoms with Gasteiger partial charge >= 0.3 is 0 Å². The Kier molecular flexibility index (Phi) is 5.98. The summed E-state index contributed by atoms with van der Waals surface area (Å²) in [6, 6.07) is 4.92. The molecule has 1 rings (SSSR count). The van der Waals surface area contributed by atoms with Crippen LogP contribution in [0.25, 0.3) is 0 Å². The van der Waals surface area contributed by atoms with Crippen molar-refractivity contribution in [3.05, 3.63) is 29.3 Å². The van der Waals surface area contributed by atoms with Crippen LogP contribution in [0.4, 0.5) is 0 Å². The van der Waals surface area contributed by atoms with Crippen molar-refractivity contribution in [2.24, 2.45) is 0 Å². The predicted molar refractivity (Wildman–Crippen MR) is 79.1 cm³/mol. The minimum absolute atomic E-state index is 0.00462. The first kappa shape index (κ1) is 16.9. The minimum atomic E-state index is -3.73. The van der Waals surface area contributed by atoms with Crippen LogP contribution >= 0.6 is 11.6 Å². The molecule has 20 heavy (non-hydrogen) atoms. The zero-order valence-electron chi connectivity index (χ0n) is 11.7. The normalized spacial score (nSPS) is 14.6. The predicted octanol–water partition coefficient (Wildman–Crippen LogP) is 1.92. The highest BCUT2D eigenvalue weighted by molar-refractivity contribution is 7.89. The molecule has 0 saturated heterocycles. The molecule has 0 bridgehead atoms. The van der Waals surface area contributed by atoms with Crippen LogP contribution in [0.15, 0.2) is 29.2 Å². The van der Waals surface area contributed by atoms with Gasteiger partial charge in [0.05, 0.1) is 10.9 Å². The summed E-state index contributed by atoms with van der Waals surface area (Å²) in [6.45, 7) is 5.30. The summed E-state index contributed by atoms with van der Waals surface area (Å²) in [5.41, 5.74) is 0. The summed E-state index contributed by atoms with van der Waals surface area (Å²) in [5, 5.41) is 3.18. The van der Waals surface area contributed by atoms with Crippen LogP contribution in [0.3, 0.4) is 0 Å². The van der Waals surface area contributed by atoms with Crippen LogP contribution in [0.1, 0.15) is 27.2 Å². The molecule has 0 aromatic heterocycles. The maximum Gasteiger partial charge on any atom is 0.241 e. The van der Waals surface area contributed by atoms with Gasteiger partial charge in [-0.15, -0.1) is 0 Å². The van der Waals surface area contributed by atoms with Crippen molar-refractivity contribution in [1.29, 1.82) is 0 Å². The first-order valence-corrected chi connectivity index (χ1v) is 8.20. The van der Waals surface area contributed by atoms with Crippen molar-refractivity contribution in [3.63, 3.8) is 0 Å². The van der Waals surface area contributed by atoms with E-state index < -0.39 is 16.1 Å². The Hall–Kier alpha value is -1.11. The summed E-state index contributed by atoms with van der Waals surface area (Å²) in [6.07, 6.45) is 0.780. The lowest BCUT2D eigenvalue weighted by molar-refractivity contribution is -0.122. The molecule has 0 aliphatic heterocycles. The van der Waals surface area contributed by atoms with Crippen molar-refractivity contribution in [3.8, 4) is 0 Å². The van der Waals surface area contributed by atoms with Gasteiger partial charge in [-0.1, -0.05) is 18.5 Å². The summed E-state index contributed by atoms with van der Waals surface area (Å²) in [4.78, 5) is 11.9. The molecule has 5 nitrogen and oxygen atoms in total. The Morgan fingerprint density at radius 2 is 1.80 bits per heavy atom. The lowest BCUT2D eigenvalue weighted by Crippen LogP contribution is -2.47. The van der Waals surface area contributed by atoms with E-state index in [2.05, 4.69) is 10.0 Å². The van der Waals surface area contributed by atoms with Crippen LogP contribution in [0.5, 0.6) is 0 Å². The average Bonchev–Trinajstić information content (AvgIpc) is 2.38. The Morgan fingerprint density at radius 1 is 1.25 bits per heavy atom. The van der Waals surface area contributed by atoms with Crippen LogP contribution in [0.2, 0.25) is 5.02 Å². The molecule has 0 aliphatic carbocycles. The summed E-state index contributed by atoms with van der Waals surface area (Å²) >= 11 is 5.71. The standard InChI is InChI=1S/C13H19ClN2O3S/c1-4-9(2)15-13(17)10(3)16-20(18,19)12-7-5-11(14)6-8-12/h5-10,16H,4H2,1-3H3,(H,15,17)/t9-,10-/m1/s1. The molecule has 2 N–H and O–H groups in total. The van der Waals surface area contributed by atoms with Crippen molar-refractivity contribution >= 4 is 27.5 Å². The van der Waals surface area contributed by atoms with E-state index in [9.17, 15) is 13.2 Å². The number of sulfonamides is 1. The van der Waals surface area contributed by atoms with Gasteiger partial charge in [-0.2, -0.15) is 4.72 Å². The molecular weight excluding hydrogens is 300 g/mol. The summed E-state index contributed by atoms with van der Waals surface area (Å²) in [7, 11) is -3.73. The molecular formula is C13H19ClN2O3S. The van der Waals surface area contributed by atoms with Crippen molar-refractivity contribution in [1.82, 2.24) is 10.0 Å². The fraction of sp³-hybridized carbons (Fsp3) is 0.462. The molecule has 1 aromatic rings. The van der Waals surface area contributed by atoms with Gasteiger partial charge < -0.3 is 5.32 Å². The topological polar surface area (TPSA) is 75.3 Å². The average molecular weight is 319 g/mol. The minimum Gasteiger partial charge on any atom is -0.352 e. The third-order valence-corrected chi connectivity index (χ3v) is 4.66. The Balaban J connectivity index is 2.75. The van der Waals surface area contributed by atoms with E-state index in [1.54, 1.807) is 0 Å². The smallest absolute Gasteiger partial charge is 0.241 e. The number of nitrogens with one attached hydrogen (secondary N) is 2. The number of benzene rings is 1. The van der Waals surface area contributed by atoms with E-state index in [-0.39, 0.29) is 16.8 Å². The monoisotopic (exact) mass is 318 g/mol. The highest BCUT2D eigenvalue weighted by Crippen LogP contribution is 2.14. The number of hydrogen-bond acceptors (Lipinski definition) is 3. The van der Waals surface area contributed by atoms with Crippen LogP contribution in [0, 0.1) is 0 Å². The molecule has 0 unspecified atom stereocenters. The Labute approximate surface area is 124 Å². The Bertz CT molecular complexity index is 557. The zero-order chi connectivity index (χ0) is 15.3. The van der Waals surface area contributed by atoms with Crippen molar-refractivity contribution in [2.75, 3.05) is 0 Å². The van der Waals surface area contributed by atoms with Gasteiger partial charge in [0.15, 0.2) is 0 Å². The maximum atomic E-state index is 12.1. The summed E-state index contributed by atoms with van der Waals surface area (Å²) in [5.74, 6) is -0.350. The number of carbonyl (C=O) groups excluding carboxylic acids is 1. The van der Waals surface area contributed by atoms with Crippen molar-refractivity contribution in [2.45, 2.75) is 44.2 Å². The second kappa shape index (κ2) is 7.06. The van der Waals surface area contributed by atoms with Gasteiger partial charge in [-0.3, -0.25) is 4.79 Å². The van der Waals surface area contributed by atoms with Gasteiger partial charge in [-0.25, -0.2) is 8.42 Å². The van der Waals surface area contributed by atoms with Crippen molar-refractivity contribution < 1.29 is 13.2 Å². The molecule has 7 heteroatoms. The number of hydrogen-bond donors (Lipinski definition) is 2. The van der Waals surface area contributed by atoms with Crippen LogP contribution < -0.4 is 10.0 Å². The van der Waals surface area contributed by atoms with Gasteiger partial charge in [0.2, 0.25) is 15.9 Å². The molecule has 0 spiro atoms. The molecule has 1 amide bonds. The summed E-state index contributed by atoms with van der Waals surface area (Å²) < 4.78 is 26.5. The second-order valence-electron chi connectivity index (χ2n) is 4.61. The van der Waals surface area contributed by atoms with E-state index in [1.807, 2.05) is 13.8 Å². The SMILES string of the molecule is CC[C@@H](C)NC(=O)[C@@H](C)NS(=O)(=O)c1ccc(Cl)cc1. The third kappa shape index (κ3) is 4.77. The first-order valence-electron chi connectivity index (χ1n) is 6.34. The van der Waals surface area contributed by atoms with Gasteiger partial charge in [0.25, 0.3) is 0 Å². The Morgan fingerprint density at radius 3 is 2.30 bits per heavy atom. The largest absolute Gasteiger partial charge is 0.352 e. The molecule has 1 aromatic carbocycles. The second-order valence-corrected chi connectivity index (χ2v) is 6.77. The molecule has 2 atom stereocenters. The molecule has 0 aliphatic rings. The molecule has 0 saturated carbocycles. The maximum absolute atomic E-state index is 12.1. The molecule has 0 heterocycles. The van der Waals surface area contributed by atoms with E-state index in [1.165, 1.54) is 31.2 Å². The van der Waals surface area contributed by atoms with E-state index >= 15 is 0 Å². The lowest BCUT2D eigenvalue weighted by atomic mass is 10.2. The molecule has 0 fully saturated rings. The van der Waals surface area contributed by atoms with Crippen LogP contribution in [-0.4, -0.2) is 26.4 Å². The van der Waals surface area contributed by atoms with E-state index in [0.29, 0.717) is 5.02 Å². The number of amides is 1. The first-order chi connectivity index (χ1) is 9.26.